The summed E-state index contributed by atoms with van der Waals surface area (Å²) in [7, 11) is 0. The SMILES string of the molecule is CC1CCCN1C(=O)N1CC(C)(OCC(=O)O)C1. The van der Waals surface area contributed by atoms with Crippen molar-refractivity contribution in [1.82, 2.24) is 9.80 Å². The number of ether oxygens (including phenoxy) is 1. The summed E-state index contributed by atoms with van der Waals surface area (Å²) < 4.78 is 5.28. The highest BCUT2D eigenvalue weighted by atomic mass is 16.5. The molecule has 2 saturated heterocycles. The lowest BCUT2D eigenvalue weighted by atomic mass is 9.97. The van der Waals surface area contributed by atoms with Gasteiger partial charge in [-0.1, -0.05) is 0 Å². The number of hydrogen-bond donors (Lipinski definition) is 1. The molecule has 0 aromatic carbocycles. The topological polar surface area (TPSA) is 70.1 Å². The molecule has 0 aromatic heterocycles. The van der Waals surface area contributed by atoms with Crippen LogP contribution in [-0.4, -0.2) is 64.8 Å². The highest BCUT2D eigenvalue weighted by Crippen LogP contribution is 2.28. The number of carboxylic acids is 1. The van der Waals surface area contributed by atoms with Crippen LogP contribution in [0.3, 0.4) is 0 Å². The second kappa shape index (κ2) is 4.76. The molecule has 0 radical (unpaired) electrons. The Balaban J connectivity index is 1.81. The van der Waals surface area contributed by atoms with E-state index in [1.807, 2.05) is 11.8 Å². The van der Waals surface area contributed by atoms with Crippen LogP contribution in [-0.2, 0) is 9.53 Å². The molecular formula is C12H20N2O4. The van der Waals surface area contributed by atoms with Gasteiger partial charge < -0.3 is 19.6 Å². The maximum atomic E-state index is 12.1. The molecule has 2 rings (SSSR count). The van der Waals surface area contributed by atoms with Gasteiger partial charge in [0.1, 0.15) is 12.2 Å². The van der Waals surface area contributed by atoms with Gasteiger partial charge in [-0.25, -0.2) is 9.59 Å². The van der Waals surface area contributed by atoms with Gasteiger partial charge in [0.15, 0.2) is 0 Å². The zero-order valence-corrected chi connectivity index (χ0v) is 10.9. The standard InChI is InChI=1S/C12H20N2O4/c1-9-4-3-5-14(9)11(17)13-7-12(2,8-13)18-6-10(15)16/h9H,3-8H2,1-2H3,(H,15,16). The molecule has 6 nitrogen and oxygen atoms in total. The minimum atomic E-state index is -0.978. The van der Waals surface area contributed by atoms with Gasteiger partial charge in [-0.15, -0.1) is 0 Å². The van der Waals surface area contributed by atoms with Gasteiger partial charge in [-0.2, -0.15) is 0 Å². The molecule has 1 atom stereocenters. The van der Waals surface area contributed by atoms with E-state index in [1.165, 1.54) is 0 Å². The van der Waals surface area contributed by atoms with E-state index in [-0.39, 0.29) is 12.6 Å². The first-order chi connectivity index (χ1) is 8.41. The maximum absolute atomic E-state index is 12.1. The van der Waals surface area contributed by atoms with Crippen molar-refractivity contribution in [3.05, 3.63) is 0 Å². The highest BCUT2D eigenvalue weighted by Gasteiger charge is 2.45. The van der Waals surface area contributed by atoms with Crippen molar-refractivity contribution in [1.29, 1.82) is 0 Å². The zero-order chi connectivity index (χ0) is 13.3. The highest BCUT2D eigenvalue weighted by molar-refractivity contribution is 5.76. The van der Waals surface area contributed by atoms with Crippen molar-refractivity contribution in [2.45, 2.75) is 38.3 Å². The molecule has 2 fully saturated rings. The number of carbonyl (C=O) groups is 2. The Morgan fingerprint density at radius 1 is 1.44 bits per heavy atom. The van der Waals surface area contributed by atoms with Crippen LogP contribution in [0, 0.1) is 0 Å². The van der Waals surface area contributed by atoms with Crippen LogP contribution in [0.25, 0.3) is 0 Å². The Bertz CT molecular complexity index is 352. The predicted molar refractivity (Wildman–Crippen MR) is 64.4 cm³/mol. The van der Waals surface area contributed by atoms with E-state index < -0.39 is 11.6 Å². The van der Waals surface area contributed by atoms with E-state index in [1.54, 1.807) is 4.90 Å². The molecule has 0 bridgehead atoms. The lowest BCUT2D eigenvalue weighted by molar-refractivity contribution is -0.160. The number of carbonyl (C=O) groups excluding carboxylic acids is 1. The Morgan fingerprint density at radius 2 is 2.11 bits per heavy atom. The van der Waals surface area contributed by atoms with Gasteiger partial charge in [0.2, 0.25) is 0 Å². The fourth-order valence-electron chi connectivity index (χ4n) is 2.62. The Labute approximate surface area is 106 Å². The van der Waals surface area contributed by atoms with Crippen molar-refractivity contribution in [2.24, 2.45) is 0 Å². The largest absolute Gasteiger partial charge is 0.480 e. The molecular weight excluding hydrogens is 236 g/mol. The van der Waals surface area contributed by atoms with Gasteiger partial charge >= 0.3 is 12.0 Å². The van der Waals surface area contributed by atoms with E-state index >= 15 is 0 Å². The monoisotopic (exact) mass is 256 g/mol. The molecule has 102 valence electrons. The number of hydrogen-bond acceptors (Lipinski definition) is 3. The molecule has 0 spiro atoms. The second-order valence-corrected chi connectivity index (χ2v) is 5.46. The summed E-state index contributed by atoms with van der Waals surface area (Å²) >= 11 is 0. The zero-order valence-electron chi connectivity index (χ0n) is 10.9. The first-order valence-corrected chi connectivity index (χ1v) is 6.33. The van der Waals surface area contributed by atoms with E-state index in [0.717, 1.165) is 19.4 Å². The minimum absolute atomic E-state index is 0.0522. The van der Waals surface area contributed by atoms with Gasteiger partial charge in [0.25, 0.3) is 0 Å². The Kier molecular flexibility index (Phi) is 3.47. The number of nitrogens with zero attached hydrogens (tertiary/aromatic N) is 2. The van der Waals surface area contributed by atoms with Crippen LogP contribution in [0.15, 0.2) is 0 Å². The molecule has 2 aliphatic rings. The van der Waals surface area contributed by atoms with Crippen LogP contribution in [0.2, 0.25) is 0 Å². The fourth-order valence-corrected chi connectivity index (χ4v) is 2.62. The molecule has 2 amide bonds. The third kappa shape index (κ3) is 2.58. The van der Waals surface area contributed by atoms with Crippen LogP contribution in [0.5, 0.6) is 0 Å². The first-order valence-electron chi connectivity index (χ1n) is 6.33. The molecule has 0 aromatic rings. The van der Waals surface area contributed by atoms with E-state index in [0.29, 0.717) is 19.1 Å². The quantitative estimate of drug-likeness (QED) is 0.809. The van der Waals surface area contributed by atoms with Crippen molar-refractivity contribution in [3.63, 3.8) is 0 Å². The Morgan fingerprint density at radius 3 is 2.61 bits per heavy atom. The van der Waals surface area contributed by atoms with Gasteiger partial charge in [0, 0.05) is 12.6 Å². The third-order valence-electron chi connectivity index (χ3n) is 3.66. The van der Waals surface area contributed by atoms with E-state index in [4.69, 9.17) is 9.84 Å². The molecule has 1 unspecified atom stereocenters. The molecule has 1 N–H and O–H groups in total. The summed E-state index contributed by atoms with van der Waals surface area (Å²) in [6.45, 7) is 5.37. The number of amides is 2. The lowest BCUT2D eigenvalue weighted by Gasteiger charge is -2.48. The number of urea groups is 1. The van der Waals surface area contributed by atoms with Crippen molar-refractivity contribution < 1.29 is 19.4 Å². The molecule has 2 aliphatic heterocycles. The Hall–Kier alpha value is -1.30. The number of aliphatic carboxylic acids is 1. The first kappa shape index (κ1) is 13.1. The minimum Gasteiger partial charge on any atom is -0.480 e. The molecule has 0 aliphatic carbocycles. The van der Waals surface area contributed by atoms with Crippen molar-refractivity contribution in [2.75, 3.05) is 26.2 Å². The lowest BCUT2D eigenvalue weighted by Crippen LogP contribution is -2.65. The summed E-state index contributed by atoms with van der Waals surface area (Å²) in [6, 6.07) is 0.362. The summed E-state index contributed by atoms with van der Waals surface area (Å²) in [6.07, 6.45) is 2.12. The van der Waals surface area contributed by atoms with Crippen molar-refractivity contribution in [3.8, 4) is 0 Å². The summed E-state index contributed by atoms with van der Waals surface area (Å²) in [5.41, 5.74) is -0.503. The fraction of sp³-hybridized carbons (Fsp3) is 0.833. The van der Waals surface area contributed by atoms with Crippen LogP contribution >= 0.6 is 0 Å². The molecule has 2 heterocycles. The molecule has 18 heavy (non-hydrogen) atoms. The maximum Gasteiger partial charge on any atom is 0.329 e. The van der Waals surface area contributed by atoms with Gasteiger partial charge in [0.05, 0.1) is 13.1 Å². The third-order valence-corrected chi connectivity index (χ3v) is 3.66. The van der Waals surface area contributed by atoms with E-state index in [2.05, 4.69) is 6.92 Å². The average Bonchev–Trinajstić information content (AvgIpc) is 2.68. The summed E-state index contributed by atoms with van der Waals surface area (Å²) in [5, 5.41) is 8.57. The average molecular weight is 256 g/mol. The second-order valence-electron chi connectivity index (χ2n) is 5.46. The normalized spacial score (nSPS) is 26.0. The van der Waals surface area contributed by atoms with Gasteiger partial charge in [-0.05, 0) is 26.7 Å². The summed E-state index contributed by atoms with van der Waals surface area (Å²) in [5.74, 6) is -0.978. The van der Waals surface area contributed by atoms with E-state index in [9.17, 15) is 9.59 Å². The number of rotatable bonds is 3. The number of carboxylic acid groups (broad SMARTS) is 1. The summed E-state index contributed by atoms with van der Waals surface area (Å²) in [4.78, 5) is 26.2. The van der Waals surface area contributed by atoms with Crippen LogP contribution in [0.1, 0.15) is 26.7 Å². The molecule has 0 saturated carbocycles. The van der Waals surface area contributed by atoms with Crippen LogP contribution < -0.4 is 0 Å². The number of likely N-dealkylation sites (tertiary alicyclic amines) is 2. The van der Waals surface area contributed by atoms with Crippen LogP contribution in [0.4, 0.5) is 4.79 Å². The predicted octanol–water partition coefficient (Wildman–Crippen LogP) is 0.766. The molecule has 6 heteroatoms. The smallest absolute Gasteiger partial charge is 0.329 e. The van der Waals surface area contributed by atoms with Crippen molar-refractivity contribution >= 4 is 12.0 Å². The van der Waals surface area contributed by atoms with Gasteiger partial charge in [-0.3, -0.25) is 0 Å².